The second kappa shape index (κ2) is 9.20. The molecule has 28 heavy (non-hydrogen) atoms. The summed E-state index contributed by atoms with van der Waals surface area (Å²) in [5.74, 6) is 1.25. The summed E-state index contributed by atoms with van der Waals surface area (Å²) < 4.78 is 15.9. The fraction of sp³-hybridized carbons (Fsp3) is 0.429. The van der Waals surface area contributed by atoms with E-state index in [9.17, 15) is 20.2 Å². The van der Waals surface area contributed by atoms with Crippen LogP contribution in [0.15, 0.2) is 12.4 Å². The van der Waals surface area contributed by atoms with Gasteiger partial charge in [0.2, 0.25) is 5.75 Å². The topological polar surface area (TPSA) is 170 Å². The number of fused-ring (bicyclic) bond motifs is 1. The molecule has 1 N–H and O–H groups in total. The zero-order valence-electron chi connectivity index (χ0n) is 15.1. The van der Waals surface area contributed by atoms with Crippen molar-refractivity contribution in [2.75, 3.05) is 39.8 Å². The van der Waals surface area contributed by atoms with Gasteiger partial charge in [0.1, 0.15) is 30.4 Å². The molecule has 0 radical (unpaired) electrons. The molecule has 1 atom stereocenters. The van der Waals surface area contributed by atoms with E-state index in [1.807, 2.05) is 0 Å². The Labute approximate surface area is 157 Å². The molecule has 0 aliphatic heterocycles. The molecule has 0 spiro atoms. The third-order valence-corrected chi connectivity index (χ3v) is 3.53. The number of nitrogens with zero attached hydrogens (tertiary/aromatic N) is 4. The van der Waals surface area contributed by atoms with Crippen LogP contribution >= 0.6 is 0 Å². The van der Waals surface area contributed by atoms with Crippen molar-refractivity contribution in [2.45, 2.75) is 6.10 Å². The lowest BCUT2D eigenvalue weighted by atomic mass is 10.1. The molecule has 1 heterocycles. The molecule has 0 amide bonds. The molecule has 0 bridgehead atoms. The molecule has 14 heteroatoms. The Morgan fingerprint density at radius 3 is 2.36 bits per heavy atom. The zero-order chi connectivity index (χ0) is 20.7. The van der Waals surface area contributed by atoms with E-state index in [2.05, 4.69) is 25.0 Å². The zero-order valence-corrected chi connectivity index (χ0v) is 15.1. The number of ether oxygens (including phenoxy) is 3. The first-order valence-corrected chi connectivity index (χ1v) is 7.67. The third-order valence-electron chi connectivity index (χ3n) is 3.53. The fourth-order valence-electron chi connectivity index (χ4n) is 2.41. The quantitative estimate of drug-likeness (QED) is 0.418. The molecular formula is C14H17N5O9. The maximum Gasteiger partial charge on any atom is 0.294 e. The molecule has 0 saturated carbocycles. The van der Waals surface area contributed by atoms with Gasteiger partial charge < -0.3 is 29.2 Å². The van der Waals surface area contributed by atoms with Crippen molar-refractivity contribution in [3.05, 3.63) is 32.6 Å². The number of methoxy groups -OCH3 is 3. The van der Waals surface area contributed by atoms with Crippen LogP contribution in [0.2, 0.25) is 0 Å². The van der Waals surface area contributed by atoms with E-state index in [-0.39, 0.29) is 12.4 Å². The predicted molar refractivity (Wildman–Crippen MR) is 92.5 cm³/mol. The second-order valence-electron chi connectivity index (χ2n) is 5.12. The molecule has 0 saturated heterocycles. The first kappa shape index (κ1) is 20.5. The summed E-state index contributed by atoms with van der Waals surface area (Å²) >= 11 is 0. The van der Waals surface area contributed by atoms with E-state index < -0.39 is 22.9 Å². The van der Waals surface area contributed by atoms with Crippen LogP contribution in [0.1, 0.15) is 0 Å². The highest BCUT2D eigenvalue weighted by molar-refractivity contribution is 5.96. The first-order chi connectivity index (χ1) is 13.4. The van der Waals surface area contributed by atoms with Gasteiger partial charge in [0.05, 0.1) is 26.7 Å². The normalized spacial score (nSPS) is 11.4. The Morgan fingerprint density at radius 2 is 1.79 bits per heavy atom. The van der Waals surface area contributed by atoms with Gasteiger partial charge in [0, 0.05) is 6.54 Å². The van der Waals surface area contributed by atoms with Crippen molar-refractivity contribution >= 4 is 16.7 Å². The number of anilines is 1. The average molecular weight is 399 g/mol. The van der Waals surface area contributed by atoms with Crippen molar-refractivity contribution in [1.82, 2.24) is 9.97 Å². The Morgan fingerprint density at radius 1 is 1.07 bits per heavy atom. The first-order valence-electron chi connectivity index (χ1n) is 7.67. The summed E-state index contributed by atoms with van der Waals surface area (Å²) in [5.41, 5.74) is 0.394. The van der Waals surface area contributed by atoms with Gasteiger partial charge in [-0.1, -0.05) is 0 Å². The van der Waals surface area contributed by atoms with Crippen LogP contribution in [0.3, 0.4) is 0 Å². The third kappa shape index (κ3) is 4.66. The lowest BCUT2D eigenvalue weighted by Gasteiger charge is -2.17. The molecule has 14 nitrogen and oxygen atoms in total. The van der Waals surface area contributed by atoms with E-state index in [0.717, 1.165) is 0 Å². The Hall–Kier alpha value is -3.84. The van der Waals surface area contributed by atoms with Crippen molar-refractivity contribution in [3.63, 3.8) is 0 Å². The molecule has 0 aliphatic carbocycles. The van der Waals surface area contributed by atoms with Gasteiger partial charge in [-0.2, -0.15) is 0 Å². The predicted octanol–water partition coefficient (Wildman–Crippen LogP) is 0.853. The molecule has 1 aromatic carbocycles. The molecule has 152 valence electrons. The lowest BCUT2D eigenvalue weighted by Crippen LogP contribution is -2.31. The minimum Gasteiger partial charge on any atom is -0.493 e. The van der Waals surface area contributed by atoms with Gasteiger partial charge >= 0.3 is 0 Å². The van der Waals surface area contributed by atoms with E-state index in [1.54, 1.807) is 6.07 Å². The molecule has 2 aromatic rings. The van der Waals surface area contributed by atoms with Crippen molar-refractivity contribution in [1.29, 1.82) is 0 Å². The molecule has 0 aliphatic rings. The van der Waals surface area contributed by atoms with Crippen LogP contribution in [-0.4, -0.2) is 60.7 Å². The van der Waals surface area contributed by atoms with Crippen LogP contribution in [0, 0.1) is 20.2 Å². The SMILES string of the molecule is COc1cc2c(NC[C@H](CO[N+](=O)[O-])O[N+](=O)[O-])ncnc2c(OC)c1OC. The van der Waals surface area contributed by atoms with E-state index in [0.29, 0.717) is 28.2 Å². The van der Waals surface area contributed by atoms with Gasteiger partial charge in [0.25, 0.3) is 10.2 Å². The minimum atomic E-state index is -1.26. The van der Waals surface area contributed by atoms with Crippen molar-refractivity contribution in [3.8, 4) is 17.2 Å². The van der Waals surface area contributed by atoms with Gasteiger partial charge in [0.15, 0.2) is 11.5 Å². The number of hydrogen-bond donors (Lipinski definition) is 1. The summed E-state index contributed by atoms with van der Waals surface area (Å²) in [6, 6.07) is 1.59. The largest absolute Gasteiger partial charge is 0.493 e. The monoisotopic (exact) mass is 399 g/mol. The van der Waals surface area contributed by atoms with Crippen LogP contribution in [-0.2, 0) is 9.68 Å². The highest BCUT2D eigenvalue weighted by Crippen LogP contribution is 2.43. The smallest absolute Gasteiger partial charge is 0.294 e. The number of benzene rings is 1. The maximum atomic E-state index is 10.6. The molecule has 0 unspecified atom stereocenters. The summed E-state index contributed by atoms with van der Waals surface area (Å²) in [6.45, 7) is -0.859. The molecule has 2 rings (SSSR count). The molecule has 0 fully saturated rings. The Bertz CT molecular complexity index is 863. The molecular weight excluding hydrogens is 382 g/mol. The van der Waals surface area contributed by atoms with Gasteiger partial charge in [-0.05, 0) is 6.07 Å². The summed E-state index contributed by atoms with van der Waals surface area (Å²) in [6.07, 6.45) is -0.0110. The number of hydrogen-bond acceptors (Lipinski definition) is 12. The summed E-state index contributed by atoms with van der Waals surface area (Å²) in [7, 11) is 4.32. The van der Waals surface area contributed by atoms with Crippen molar-refractivity contribution < 1.29 is 34.1 Å². The summed E-state index contributed by atoms with van der Waals surface area (Å²) in [5, 5.41) is 22.0. The minimum absolute atomic E-state index is 0.211. The number of nitrogens with one attached hydrogen (secondary N) is 1. The Balaban J connectivity index is 2.35. The maximum absolute atomic E-state index is 10.6. The van der Waals surface area contributed by atoms with Gasteiger partial charge in [-0.3, -0.25) is 0 Å². The van der Waals surface area contributed by atoms with Gasteiger partial charge in [-0.15, -0.1) is 20.2 Å². The Kier molecular flexibility index (Phi) is 6.73. The average Bonchev–Trinajstić information content (AvgIpc) is 2.67. The van der Waals surface area contributed by atoms with E-state index in [4.69, 9.17) is 14.2 Å². The van der Waals surface area contributed by atoms with E-state index >= 15 is 0 Å². The summed E-state index contributed by atoms with van der Waals surface area (Å²) in [4.78, 5) is 37.7. The van der Waals surface area contributed by atoms with E-state index in [1.165, 1.54) is 27.7 Å². The van der Waals surface area contributed by atoms with Crippen molar-refractivity contribution in [2.24, 2.45) is 0 Å². The lowest BCUT2D eigenvalue weighted by molar-refractivity contribution is -0.789. The van der Waals surface area contributed by atoms with Crippen LogP contribution in [0.25, 0.3) is 10.9 Å². The second-order valence-corrected chi connectivity index (χ2v) is 5.12. The molecule has 1 aromatic heterocycles. The van der Waals surface area contributed by atoms with Crippen LogP contribution < -0.4 is 19.5 Å². The van der Waals surface area contributed by atoms with Crippen LogP contribution in [0.4, 0.5) is 5.82 Å². The highest BCUT2D eigenvalue weighted by atomic mass is 17.0. The number of aromatic nitrogens is 2. The standard InChI is InChI=1S/C14H17N5O9/c1-24-10-4-9-11(13(26-3)12(10)25-2)16-7-17-14(9)15-5-8(28-19(22)23)6-27-18(20)21/h4,7-8H,5-6H2,1-3H3,(H,15,16,17)/t8-/m1/s1. The number of rotatable bonds is 11. The fourth-order valence-corrected chi connectivity index (χ4v) is 2.41. The van der Waals surface area contributed by atoms with Crippen LogP contribution in [0.5, 0.6) is 17.2 Å². The van der Waals surface area contributed by atoms with Gasteiger partial charge in [-0.25, -0.2) is 9.97 Å². The highest BCUT2D eigenvalue weighted by Gasteiger charge is 2.21.